The van der Waals surface area contributed by atoms with Gasteiger partial charge in [0.15, 0.2) is 5.90 Å². The van der Waals surface area contributed by atoms with Crippen LogP contribution < -0.4 is 10.1 Å². The molecule has 3 heterocycles. The number of fused-ring (bicyclic) bond motifs is 1. The zero-order valence-corrected chi connectivity index (χ0v) is 19.2. The van der Waals surface area contributed by atoms with E-state index in [1.807, 2.05) is 43.3 Å². The number of halogens is 1. The second-order valence-electron chi connectivity index (χ2n) is 8.18. The Morgan fingerprint density at radius 3 is 2.82 bits per heavy atom. The first kappa shape index (κ1) is 21.4. The molecule has 168 valence electrons. The van der Waals surface area contributed by atoms with Crippen LogP contribution in [0, 0.1) is 0 Å². The van der Waals surface area contributed by atoms with Crippen molar-refractivity contribution >= 4 is 45.6 Å². The molecule has 0 radical (unpaired) electrons. The van der Waals surface area contributed by atoms with Gasteiger partial charge in [-0.1, -0.05) is 23.7 Å². The number of anilines is 2. The van der Waals surface area contributed by atoms with Crippen molar-refractivity contribution < 1.29 is 9.47 Å². The van der Waals surface area contributed by atoms with Crippen molar-refractivity contribution in [1.82, 2.24) is 9.97 Å². The van der Waals surface area contributed by atoms with E-state index in [9.17, 15) is 0 Å². The van der Waals surface area contributed by atoms with E-state index in [0.717, 1.165) is 40.2 Å². The third-order valence-electron chi connectivity index (χ3n) is 5.71. The van der Waals surface area contributed by atoms with Gasteiger partial charge in [-0.25, -0.2) is 15.0 Å². The normalized spacial score (nSPS) is 19.4. The van der Waals surface area contributed by atoms with Gasteiger partial charge in [0.1, 0.15) is 30.6 Å². The molecule has 0 amide bonds. The highest BCUT2D eigenvalue weighted by Gasteiger charge is 2.23. The average Bonchev–Trinajstić information content (AvgIpc) is 3.43. The maximum atomic E-state index is 6.46. The Morgan fingerprint density at radius 2 is 2.06 bits per heavy atom. The van der Waals surface area contributed by atoms with E-state index in [1.165, 1.54) is 0 Å². The third kappa shape index (κ3) is 4.83. The maximum absolute atomic E-state index is 6.46. The zero-order chi connectivity index (χ0) is 22.8. The number of hydrogen-bond acceptors (Lipinski definition) is 7. The molecule has 8 heteroatoms. The Hall–Kier alpha value is -3.45. The van der Waals surface area contributed by atoms with E-state index in [0.29, 0.717) is 29.6 Å². The number of rotatable bonds is 7. The summed E-state index contributed by atoms with van der Waals surface area (Å²) in [7, 11) is 0. The van der Waals surface area contributed by atoms with Gasteiger partial charge in [-0.3, -0.25) is 4.99 Å². The van der Waals surface area contributed by atoms with Crippen molar-refractivity contribution in [2.45, 2.75) is 38.8 Å². The summed E-state index contributed by atoms with van der Waals surface area (Å²) in [4.78, 5) is 17.7. The lowest BCUT2D eigenvalue weighted by atomic mass is 10.1. The molecule has 2 aliphatic heterocycles. The predicted octanol–water partition coefficient (Wildman–Crippen LogP) is 5.51. The predicted molar refractivity (Wildman–Crippen MR) is 132 cm³/mol. The van der Waals surface area contributed by atoms with Gasteiger partial charge in [0.2, 0.25) is 0 Å². The molecule has 0 aliphatic carbocycles. The SMILES string of the molecule is C[C@@H]1N=C(Cc2ccc3ncnc(Nc4ccc(OCC5=NC=CC5)c(Cl)c4)c3c2)O[C@H]1C. The van der Waals surface area contributed by atoms with Crippen molar-refractivity contribution in [3.05, 3.63) is 65.6 Å². The van der Waals surface area contributed by atoms with Gasteiger partial charge in [-0.2, -0.15) is 0 Å². The number of benzene rings is 2. The fourth-order valence-corrected chi connectivity index (χ4v) is 3.98. The van der Waals surface area contributed by atoms with Gasteiger partial charge in [-0.05, 0) is 49.7 Å². The first-order chi connectivity index (χ1) is 16.0. The van der Waals surface area contributed by atoms with Gasteiger partial charge >= 0.3 is 0 Å². The van der Waals surface area contributed by atoms with Crippen LogP contribution >= 0.6 is 11.6 Å². The Labute approximate surface area is 197 Å². The van der Waals surface area contributed by atoms with Crippen LogP contribution in [0.2, 0.25) is 5.02 Å². The van der Waals surface area contributed by atoms with Crippen molar-refractivity contribution in [1.29, 1.82) is 0 Å². The van der Waals surface area contributed by atoms with Crippen LogP contribution in [-0.4, -0.2) is 40.3 Å². The molecule has 0 spiro atoms. The Bertz CT molecular complexity index is 1290. The third-order valence-corrected chi connectivity index (χ3v) is 6.00. The van der Waals surface area contributed by atoms with Crippen molar-refractivity contribution in [2.24, 2.45) is 9.98 Å². The van der Waals surface area contributed by atoms with Gasteiger partial charge in [0.25, 0.3) is 0 Å². The van der Waals surface area contributed by atoms with Gasteiger partial charge < -0.3 is 14.8 Å². The van der Waals surface area contributed by atoms with Crippen LogP contribution in [0.1, 0.15) is 25.8 Å². The van der Waals surface area contributed by atoms with E-state index in [4.69, 9.17) is 21.1 Å². The highest BCUT2D eigenvalue weighted by Crippen LogP contribution is 2.31. The summed E-state index contributed by atoms with van der Waals surface area (Å²) in [5.74, 6) is 2.09. The number of nitrogens with zero attached hydrogens (tertiary/aromatic N) is 4. The van der Waals surface area contributed by atoms with Crippen molar-refractivity contribution in [2.75, 3.05) is 11.9 Å². The summed E-state index contributed by atoms with van der Waals surface area (Å²) in [6.45, 7) is 4.53. The minimum atomic E-state index is 0.112. The van der Waals surface area contributed by atoms with Crippen molar-refractivity contribution in [3.8, 4) is 5.75 Å². The van der Waals surface area contributed by atoms with Crippen molar-refractivity contribution in [3.63, 3.8) is 0 Å². The number of nitrogens with one attached hydrogen (secondary N) is 1. The van der Waals surface area contributed by atoms with E-state index in [2.05, 4.69) is 38.3 Å². The van der Waals surface area contributed by atoms with Gasteiger partial charge in [0.05, 0.1) is 22.3 Å². The molecule has 1 N–H and O–H groups in total. The van der Waals surface area contributed by atoms with E-state index >= 15 is 0 Å². The molecule has 2 aromatic carbocycles. The zero-order valence-electron chi connectivity index (χ0n) is 18.5. The molecule has 0 saturated carbocycles. The molecular formula is C25H24ClN5O2. The molecule has 3 aromatic rings. The average molecular weight is 462 g/mol. The fraction of sp³-hybridized carbons (Fsp3) is 0.280. The lowest BCUT2D eigenvalue weighted by Gasteiger charge is -2.12. The molecule has 7 nitrogen and oxygen atoms in total. The molecule has 0 saturated heterocycles. The molecule has 0 bridgehead atoms. The van der Waals surface area contributed by atoms with E-state index < -0.39 is 0 Å². The smallest absolute Gasteiger partial charge is 0.188 e. The highest BCUT2D eigenvalue weighted by molar-refractivity contribution is 6.32. The summed E-state index contributed by atoms with van der Waals surface area (Å²) in [5.41, 5.74) is 3.73. The van der Waals surface area contributed by atoms with E-state index in [1.54, 1.807) is 12.5 Å². The largest absolute Gasteiger partial charge is 0.486 e. The van der Waals surface area contributed by atoms with Gasteiger partial charge in [0, 0.05) is 30.1 Å². The number of aromatic nitrogens is 2. The first-order valence-electron chi connectivity index (χ1n) is 10.9. The second kappa shape index (κ2) is 9.19. The lowest BCUT2D eigenvalue weighted by Crippen LogP contribution is -2.15. The van der Waals surface area contributed by atoms with Crippen LogP contribution in [0.5, 0.6) is 5.75 Å². The van der Waals surface area contributed by atoms with E-state index in [-0.39, 0.29) is 12.1 Å². The van der Waals surface area contributed by atoms with Gasteiger partial charge in [-0.15, -0.1) is 0 Å². The Morgan fingerprint density at radius 1 is 1.15 bits per heavy atom. The Kier molecular flexibility index (Phi) is 5.96. The summed E-state index contributed by atoms with van der Waals surface area (Å²) in [5, 5.41) is 4.79. The molecule has 0 unspecified atom stereocenters. The fourth-order valence-electron chi connectivity index (χ4n) is 3.74. The molecule has 0 fully saturated rings. The lowest BCUT2D eigenvalue weighted by molar-refractivity contribution is 0.214. The number of aliphatic imine (C=N–C) groups is 2. The van der Waals surface area contributed by atoms with Crippen LogP contribution in [-0.2, 0) is 11.2 Å². The maximum Gasteiger partial charge on any atom is 0.188 e. The summed E-state index contributed by atoms with van der Waals surface area (Å²) < 4.78 is 11.7. The molecule has 33 heavy (non-hydrogen) atoms. The van der Waals surface area contributed by atoms with Crippen LogP contribution in [0.15, 0.2) is 65.0 Å². The van der Waals surface area contributed by atoms with Crippen LogP contribution in [0.4, 0.5) is 11.5 Å². The monoisotopic (exact) mass is 461 g/mol. The molecule has 1 aromatic heterocycles. The number of ether oxygens (including phenoxy) is 2. The Balaban J connectivity index is 1.34. The molecule has 2 aliphatic rings. The minimum Gasteiger partial charge on any atom is -0.486 e. The minimum absolute atomic E-state index is 0.112. The summed E-state index contributed by atoms with van der Waals surface area (Å²) >= 11 is 6.46. The topological polar surface area (TPSA) is 81.0 Å². The summed E-state index contributed by atoms with van der Waals surface area (Å²) in [6, 6.07) is 11.9. The molecular weight excluding hydrogens is 438 g/mol. The number of allylic oxidation sites excluding steroid dienone is 1. The second-order valence-corrected chi connectivity index (χ2v) is 8.59. The number of hydrogen-bond donors (Lipinski definition) is 1. The first-order valence-corrected chi connectivity index (χ1v) is 11.3. The quantitative estimate of drug-likeness (QED) is 0.501. The summed E-state index contributed by atoms with van der Waals surface area (Å²) in [6.07, 6.45) is 6.91. The molecule has 5 rings (SSSR count). The van der Waals surface area contributed by atoms with Crippen LogP contribution in [0.3, 0.4) is 0 Å². The van der Waals surface area contributed by atoms with Crippen LogP contribution in [0.25, 0.3) is 10.9 Å². The standard InChI is InChI=1S/C25H24ClN5O2/c1-15-16(2)33-24(30-15)11-17-5-7-22-20(10-17)25(29-14-28-22)31-18-6-8-23(21(26)12-18)32-13-19-4-3-9-27-19/h3,5-10,12,14-16H,4,11,13H2,1-2H3,(H,28,29,31)/t15-,16-/m0/s1. The molecule has 2 atom stereocenters. The highest BCUT2D eigenvalue weighted by atomic mass is 35.5.